The minimum Gasteiger partial charge on any atom is -0.322 e. The zero-order valence-electron chi connectivity index (χ0n) is 10.3. The van der Waals surface area contributed by atoms with Crippen molar-refractivity contribution in [2.45, 2.75) is 6.92 Å². The van der Waals surface area contributed by atoms with Gasteiger partial charge in [0.25, 0.3) is 5.91 Å². The van der Waals surface area contributed by atoms with Crippen LogP contribution < -0.4 is 5.32 Å². The second-order valence-electron chi connectivity index (χ2n) is 4.10. The van der Waals surface area contributed by atoms with E-state index in [9.17, 15) is 4.79 Å². The van der Waals surface area contributed by atoms with Crippen LogP contribution in [0.5, 0.6) is 0 Å². The van der Waals surface area contributed by atoms with E-state index >= 15 is 0 Å². The lowest BCUT2D eigenvalue weighted by Crippen LogP contribution is -2.13. The van der Waals surface area contributed by atoms with Crippen LogP contribution >= 0.6 is 15.9 Å². The van der Waals surface area contributed by atoms with Crippen LogP contribution in [0, 0.1) is 18.3 Å². The Labute approximate surface area is 120 Å². The van der Waals surface area contributed by atoms with Gasteiger partial charge in [-0.05, 0) is 55.0 Å². The summed E-state index contributed by atoms with van der Waals surface area (Å²) < 4.78 is 0.944. The van der Waals surface area contributed by atoms with E-state index in [-0.39, 0.29) is 5.91 Å². The quantitative estimate of drug-likeness (QED) is 0.914. The maximum Gasteiger partial charge on any atom is 0.255 e. The molecule has 0 spiro atoms. The molecule has 0 radical (unpaired) electrons. The number of benzene rings is 2. The molecule has 4 heteroatoms. The molecule has 1 amide bonds. The predicted molar refractivity (Wildman–Crippen MR) is 78.0 cm³/mol. The van der Waals surface area contributed by atoms with Crippen LogP contribution in [0.3, 0.4) is 0 Å². The maximum absolute atomic E-state index is 12.1. The van der Waals surface area contributed by atoms with Crippen LogP contribution in [0.4, 0.5) is 5.69 Å². The van der Waals surface area contributed by atoms with E-state index in [1.807, 2.05) is 25.1 Å². The Bertz CT molecular complexity index is 657. The normalized spacial score (nSPS) is 9.74. The molecule has 0 saturated heterocycles. The molecule has 0 fully saturated rings. The molecule has 0 aromatic heterocycles. The number of nitriles is 1. The zero-order chi connectivity index (χ0) is 13.8. The molecule has 2 aromatic rings. The number of carbonyl (C=O) groups excluding carboxylic acids is 1. The molecule has 0 bridgehead atoms. The highest BCUT2D eigenvalue weighted by atomic mass is 79.9. The van der Waals surface area contributed by atoms with Gasteiger partial charge < -0.3 is 5.32 Å². The zero-order valence-corrected chi connectivity index (χ0v) is 11.9. The topological polar surface area (TPSA) is 52.9 Å². The average Bonchev–Trinajstić information content (AvgIpc) is 2.39. The van der Waals surface area contributed by atoms with Crippen molar-refractivity contribution in [2.75, 3.05) is 5.32 Å². The highest BCUT2D eigenvalue weighted by Crippen LogP contribution is 2.17. The number of hydrogen-bond donors (Lipinski definition) is 1. The molecule has 2 rings (SSSR count). The van der Waals surface area contributed by atoms with Gasteiger partial charge in [-0.15, -0.1) is 0 Å². The van der Waals surface area contributed by atoms with E-state index in [0.717, 1.165) is 10.0 Å². The Morgan fingerprint density at radius 3 is 2.47 bits per heavy atom. The van der Waals surface area contributed by atoms with E-state index in [0.29, 0.717) is 16.8 Å². The van der Waals surface area contributed by atoms with Crippen molar-refractivity contribution in [3.8, 4) is 6.07 Å². The molecule has 0 heterocycles. The van der Waals surface area contributed by atoms with E-state index in [4.69, 9.17) is 5.26 Å². The van der Waals surface area contributed by atoms with Gasteiger partial charge in [-0.25, -0.2) is 0 Å². The number of nitrogens with zero attached hydrogens (tertiary/aromatic N) is 1. The van der Waals surface area contributed by atoms with Gasteiger partial charge in [0.15, 0.2) is 0 Å². The summed E-state index contributed by atoms with van der Waals surface area (Å²) in [6.07, 6.45) is 0. The monoisotopic (exact) mass is 314 g/mol. The largest absolute Gasteiger partial charge is 0.322 e. The van der Waals surface area contributed by atoms with E-state index in [1.165, 1.54) is 0 Å². The standard InChI is InChI=1S/C15H11BrN2O/c1-10-8-12(16)4-7-14(10)15(19)18-13-5-2-11(9-17)3-6-13/h2-8H,1H3,(H,18,19). The third-order valence-corrected chi connectivity index (χ3v) is 3.20. The lowest BCUT2D eigenvalue weighted by atomic mass is 10.1. The first-order valence-corrected chi connectivity index (χ1v) is 6.47. The molecule has 94 valence electrons. The van der Waals surface area contributed by atoms with Crippen LogP contribution in [0.2, 0.25) is 0 Å². The molecule has 0 unspecified atom stereocenters. The molecule has 0 aliphatic heterocycles. The third kappa shape index (κ3) is 3.21. The number of rotatable bonds is 2. The van der Waals surface area contributed by atoms with E-state index in [1.54, 1.807) is 30.3 Å². The van der Waals surface area contributed by atoms with Crippen molar-refractivity contribution in [1.82, 2.24) is 0 Å². The van der Waals surface area contributed by atoms with Crippen molar-refractivity contribution in [3.05, 3.63) is 63.6 Å². The van der Waals surface area contributed by atoms with Crippen LogP contribution in [0.25, 0.3) is 0 Å². The summed E-state index contributed by atoms with van der Waals surface area (Å²) in [4.78, 5) is 12.1. The number of nitrogens with one attached hydrogen (secondary N) is 1. The second-order valence-corrected chi connectivity index (χ2v) is 5.02. The minimum atomic E-state index is -0.158. The summed E-state index contributed by atoms with van der Waals surface area (Å²) in [5.74, 6) is -0.158. The van der Waals surface area contributed by atoms with Gasteiger partial charge in [-0.2, -0.15) is 5.26 Å². The van der Waals surface area contributed by atoms with Crippen molar-refractivity contribution in [1.29, 1.82) is 5.26 Å². The van der Waals surface area contributed by atoms with Gasteiger partial charge in [0, 0.05) is 15.7 Å². The van der Waals surface area contributed by atoms with Crippen LogP contribution in [0.15, 0.2) is 46.9 Å². The van der Waals surface area contributed by atoms with Gasteiger partial charge in [-0.1, -0.05) is 15.9 Å². The second kappa shape index (κ2) is 5.68. The summed E-state index contributed by atoms with van der Waals surface area (Å²) in [5, 5.41) is 11.5. The van der Waals surface area contributed by atoms with E-state index < -0.39 is 0 Å². The molecule has 3 nitrogen and oxygen atoms in total. The van der Waals surface area contributed by atoms with Gasteiger partial charge >= 0.3 is 0 Å². The molecule has 1 N–H and O–H groups in total. The first-order valence-electron chi connectivity index (χ1n) is 5.68. The number of hydrogen-bond acceptors (Lipinski definition) is 2. The fourth-order valence-corrected chi connectivity index (χ4v) is 2.18. The van der Waals surface area contributed by atoms with Crippen LogP contribution in [0.1, 0.15) is 21.5 Å². The molecule has 2 aromatic carbocycles. The summed E-state index contributed by atoms with van der Waals surface area (Å²) in [6.45, 7) is 1.89. The predicted octanol–water partition coefficient (Wildman–Crippen LogP) is 3.88. The van der Waals surface area contributed by atoms with Crippen molar-refractivity contribution < 1.29 is 4.79 Å². The van der Waals surface area contributed by atoms with Crippen LogP contribution in [-0.2, 0) is 0 Å². The SMILES string of the molecule is Cc1cc(Br)ccc1C(=O)Nc1ccc(C#N)cc1. The fourth-order valence-electron chi connectivity index (χ4n) is 1.71. The molecule has 0 aliphatic rings. The number of anilines is 1. The number of carbonyl (C=O) groups is 1. The molecular weight excluding hydrogens is 304 g/mol. The molecule has 0 atom stereocenters. The highest BCUT2D eigenvalue weighted by Gasteiger charge is 2.09. The van der Waals surface area contributed by atoms with Gasteiger partial charge in [0.05, 0.1) is 11.6 Å². The van der Waals surface area contributed by atoms with Gasteiger partial charge in [0.1, 0.15) is 0 Å². The Hall–Kier alpha value is -2.12. The van der Waals surface area contributed by atoms with Crippen molar-refractivity contribution >= 4 is 27.5 Å². The maximum atomic E-state index is 12.1. The summed E-state index contributed by atoms with van der Waals surface area (Å²) in [7, 11) is 0. The Morgan fingerprint density at radius 2 is 1.89 bits per heavy atom. The first-order chi connectivity index (χ1) is 9.10. The third-order valence-electron chi connectivity index (χ3n) is 2.70. The minimum absolute atomic E-state index is 0.158. The molecular formula is C15H11BrN2O. The van der Waals surface area contributed by atoms with E-state index in [2.05, 4.69) is 21.2 Å². The lowest BCUT2D eigenvalue weighted by molar-refractivity contribution is 0.102. The summed E-state index contributed by atoms with van der Waals surface area (Å²) in [5.41, 5.74) is 2.78. The number of amides is 1. The number of aryl methyl sites for hydroxylation is 1. The van der Waals surface area contributed by atoms with Crippen molar-refractivity contribution in [3.63, 3.8) is 0 Å². The number of halogens is 1. The highest BCUT2D eigenvalue weighted by molar-refractivity contribution is 9.10. The molecule has 0 saturated carbocycles. The first kappa shape index (κ1) is 13.3. The fraction of sp³-hybridized carbons (Fsp3) is 0.0667. The Kier molecular flexibility index (Phi) is 3.98. The average molecular weight is 315 g/mol. The Morgan fingerprint density at radius 1 is 1.21 bits per heavy atom. The summed E-state index contributed by atoms with van der Waals surface area (Å²) >= 11 is 3.37. The molecule has 0 aliphatic carbocycles. The van der Waals surface area contributed by atoms with Crippen molar-refractivity contribution in [2.24, 2.45) is 0 Å². The summed E-state index contributed by atoms with van der Waals surface area (Å²) in [6, 6.07) is 14.3. The van der Waals surface area contributed by atoms with Gasteiger partial charge in [0.2, 0.25) is 0 Å². The smallest absolute Gasteiger partial charge is 0.255 e. The lowest BCUT2D eigenvalue weighted by Gasteiger charge is -2.08. The Balaban J connectivity index is 2.18. The van der Waals surface area contributed by atoms with Gasteiger partial charge in [-0.3, -0.25) is 4.79 Å². The molecule has 19 heavy (non-hydrogen) atoms. The van der Waals surface area contributed by atoms with Crippen LogP contribution in [-0.4, -0.2) is 5.91 Å².